The molecule has 32 heavy (non-hydrogen) atoms. The molecule has 2 heterocycles. The Hall–Kier alpha value is -3.45. The van der Waals surface area contributed by atoms with Crippen LogP contribution < -0.4 is 9.47 Å². The monoisotopic (exact) mass is 448 g/mol. The van der Waals surface area contributed by atoms with Gasteiger partial charge in [-0.15, -0.1) is 0 Å². The van der Waals surface area contributed by atoms with Gasteiger partial charge in [0.2, 0.25) is 0 Å². The van der Waals surface area contributed by atoms with Gasteiger partial charge in [-0.05, 0) is 54.6 Å². The standard InChI is InChI=1S/C25H21FN2O3S/c26-18-8-11-22-23(16-18)32-25(27-22)31-21-12-14-28(15-13-21)24(29)17-6-9-20(10-7-17)30-19-4-2-1-3-5-19/h1-11,16,21H,12-15H2. The Morgan fingerprint density at radius 2 is 1.69 bits per heavy atom. The first-order valence-corrected chi connectivity index (χ1v) is 11.3. The molecule has 5 nitrogen and oxygen atoms in total. The van der Waals surface area contributed by atoms with E-state index in [1.807, 2.05) is 47.4 Å². The highest BCUT2D eigenvalue weighted by Gasteiger charge is 2.25. The number of piperidine rings is 1. The minimum Gasteiger partial charge on any atom is -0.467 e. The quantitative estimate of drug-likeness (QED) is 0.381. The van der Waals surface area contributed by atoms with Crippen molar-refractivity contribution in [2.45, 2.75) is 18.9 Å². The summed E-state index contributed by atoms with van der Waals surface area (Å²) in [5, 5.41) is 0.546. The molecule has 1 amide bonds. The van der Waals surface area contributed by atoms with Gasteiger partial charge in [-0.1, -0.05) is 29.5 Å². The highest BCUT2D eigenvalue weighted by molar-refractivity contribution is 7.20. The summed E-state index contributed by atoms with van der Waals surface area (Å²) in [6.45, 7) is 1.23. The van der Waals surface area contributed by atoms with Crippen molar-refractivity contribution in [2.24, 2.45) is 0 Å². The summed E-state index contributed by atoms with van der Waals surface area (Å²) < 4.78 is 26.0. The molecule has 0 aliphatic carbocycles. The Labute approximate surface area is 189 Å². The molecule has 162 valence electrons. The van der Waals surface area contributed by atoms with E-state index in [0.29, 0.717) is 29.6 Å². The Morgan fingerprint density at radius 3 is 2.44 bits per heavy atom. The molecule has 3 aromatic carbocycles. The molecular formula is C25H21FN2O3S. The van der Waals surface area contributed by atoms with Crippen LogP contribution in [0.5, 0.6) is 16.7 Å². The molecule has 0 unspecified atom stereocenters. The van der Waals surface area contributed by atoms with Gasteiger partial charge in [0, 0.05) is 31.5 Å². The van der Waals surface area contributed by atoms with E-state index in [0.717, 1.165) is 28.8 Å². The van der Waals surface area contributed by atoms with Crippen molar-refractivity contribution in [1.29, 1.82) is 0 Å². The van der Waals surface area contributed by atoms with Crippen LogP contribution in [0.4, 0.5) is 4.39 Å². The summed E-state index contributed by atoms with van der Waals surface area (Å²) >= 11 is 1.35. The number of amides is 1. The number of fused-ring (bicyclic) bond motifs is 1. The fourth-order valence-electron chi connectivity index (χ4n) is 3.72. The lowest BCUT2D eigenvalue weighted by Gasteiger charge is -2.31. The van der Waals surface area contributed by atoms with Crippen LogP contribution in [0.1, 0.15) is 23.2 Å². The van der Waals surface area contributed by atoms with E-state index in [1.54, 1.807) is 18.2 Å². The number of hydrogen-bond donors (Lipinski definition) is 0. The molecule has 0 N–H and O–H groups in total. The first kappa shape index (κ1) is 20.5. The molecule has 5 rings (SSSR count). The van der Waals surface area contributed by atoms with Gasteiger partial charge in [0.25, 0.3) is 11.1 Å². The number of rotatable bonds is 5. The van der Waals surface area contributed by atoms with E-state index in [1.165, 1.54) is 23.5 Å². The summed E-state index contributed by atoms with van der Waals surface area (Å²) in [4.78, 5) is 19.2. The van der Waals surface area contributed by atoms with E-state index in [-0.39, 0.29) is 17.8 Å². The van der Waals surface area contributed by atoms with Gasteiger partial charge < -0.3 is 14.4 Å². The van der Waals surface area contributed by atoms with Gasteiger partial charge in [-0.3, -0.25) is 4.79 Å². The van der Waals surface area contributed by atoms with Crippen molar-refractivity contribution in [2.75, 3.05) is 13.1 Å². The van der Waals surface area contributed by atoms with Crippen LogP contribution in [0.25, 0.3) is 10.2 Å². The molecule has 1 aromatic heterocycles. The van der Waals surface area contributed by atoms with Crippen LogP contribution in [0.2, 0.25) is 0 Å². The number of hydrogen-bond acceptors (Lipinski definition) is 5. The topological polar surface area (TPSA) is 51.7 Å². The predicted molar refractivity (Wildman–Crippen MR) is 122 cm³/mol. The second kappa shape index (κ2) is 8.96. The molecule has 0 spiro atoms. The molecule has 4 aromatic rings. The average Bonchev–Trinajstić information content (AvgIpc) is 3.21. The first-order chi connectivity index (χ1) is 15.6. The minimum atomic E-state index is -0.279. The second-order valence-electron chi connectivity index (χ2n) is 7.64. The summed E-state index contributed by atoms with van der Waals surface area (Å²) in [6.07, 6.45) is 1.45. The van der Waals surface area contributed by atoms with Crippen molar-refractivity contribution in [3.05, 3.63) is 84.2 Å². The molecule has 1 saturated heterocycles. The van der Waals surface area contributed by atoms with E-state index in [2.05, 4.69) is 4.98 Å². The Kier molecular flexibility index (Phi) is 5.73. The average molecular weight is 449 g/mol. The maximum atomic E-state index is 13.4. The number of aromatic nitrogens is 1. The largest absolute Gasteiger partial charge is 0.467 e. The number of carbonyl (C=O) groups is 1. The Morgan fingerprint density at radius 1 is 0.969 bits per heavy atom. The number of nitrogens with zero attached hydrogens (tertiary/aromatic N) is 2. The number of benzene rings is 3. The SMILES string of the molecule is O=C(c1ccc(Oc2ccccc2)cc1)N1CCC(Oc2nc3ccc(F)cc3s2)CC1. The third-order valence-electron chi connectivity index (χ3n) is 5.41. The maximum Gasteiger partial charge on any atom is 0.274 e. The Balaban J connectivity index is 1.16. The number of carbonyl (C=O) groups excluding carboxylic acids is 1. The third-order valence-corrected chi connectivity index (χ3v) is 6.32. The molecular weight excluding hydrogens is 427 g/mol. The van der Waals surface area contributed by atoms with Gasteiger partial charge in [-0.2, -0.15) is 0 Å². The summed E-state index contributed by atoms with van der Waals surface area (Å²) in [7, 11) is 0. The van der Waals surface area contributed by atoms with Gasteiger partial charge in [0.1, 0.15) is 23.4 Å². The predicted octanol–water partition coefficient (Wildman–Crippen LogP) is 5.91. The van der Waals surface area contributed by atoms with Gasteiger partial charge >= 0.3 is 0 Å². The van der Waals surface area contributed by atoms with Crippen molar-refractivity contribution in [3.63, 3.8) is 0 Å². The maximum absolute atomic E-state index is 13.4. The van der Waals surface area contributed by atoms with Gasteiger partial charge in [0.05, 0.1) is 10.2 Å². The number of thiazole rings is 1. The molecule has 0 bridgehead atoms. The fraction of sp³-hybridized carbons (Fsp3) is 0.200. The normalized spacial score (nSPS) is 14.5. The van der Waals surface area contributed by atoms with E-state index < -0.39 is 0 Å². The van der Waals surface area contributed by atoms with Crippen molar-refractivity contribution in [1.82, 2.24) is 9.88 Å². The summed E-state index contributed by atoms with van der Waals surface area (Å²) in [5.74, 6) is 1.17. The third kappa shape index (κ3) is 4.57. The fourth-order valence-corrected chi connectivity index (χ4v) is 4.63. The van der Waals surface area contributed by atoms with E-state index in [9.17, 15) is 9.18 Å². The first-order valence-electron chi connectivity index (χ1n) is 10.5. The number of halogens is 1. The van der Waals surface area contributed by atoms with Crippen LogP contribution >= 0.6 is 11.3 Å². The zero-order valence-electron chi connectivity index (χ0n) is 17.2. The smallest absolute Gasteiger partial charge is 0.274 e. The summed E-state index contributed by atoms with van der Waals surface area (Å²) in [6, 6.07) is 21.3. The summed E-state index contributed by atoms with van der Waals surface area (Å²) in [5.41, 5.74) is 1.37. The molecule has 0 atom stereocenters. The van der Waals surface area contributed by atoms with Crippen LogP contribution in [0, 0.1) is 5.82 Å². The van der Waals surface area contributed by atoms with Gasteiger partial charge in [0.15, 0.2) is 0 Å². The van der Waals surface area contributed by atoms with E-state index in [4.69, 9.17) is 9.47 Å². The number of para-hydroxylation sites is 1. The molecule has 1 aliphatic rings. The molecule has 7 heteroatoms. The highest BCUT2D eigenvalue weighted by Crippen LogP contribution is 2.30. The van der Waals surface area contributed by atoms with Crippen LogP contribution in [0.15, 0.2) is 72.8 Å². The van der Waals surface area contributed by atoms with Crippen LogP contribution in [-0.2, 0) is 0 Å². The van der Waals surface area contributed by atoms with Crippen LogP contribution in [0.3, 0.4) is 0 Å². The zero-order chi connectivity index (χ0) is 21.9. The lowest BCUT2D eigenvalue weighted by Crippen LogP contribution is -2.41. The van der Waals surface area contributed by atoms with Crippen LogP contribution in [-0.4, -0.2) is 35.0 Å². The molecule has 0 radical (unpaired) electrons. The van der Waals surface area contributed by atoms with E-state index >= 15 is 0 Å². The van der Waals surface area contributed by atoms with Crippen molar-refractivity contribution < 1.29 is 18.7 Å². The van der Waals surface area contributed by atoms with Crippen molar-refractivity contribution >= 4 is 27.5 Å². The zero-order valence-corrected chi connectivity index (χ0v) is 18.1. The molecule has 0 saturated carbocycles. The minimum absolute atomic E-state index is 0.00479. The number of likely N-dealkylation sites (tertiary alicyclic amines) is 1. The molecule has 1 aliphatic heterocycles. The lowest BCUT2D eigenvalue weighted by molar-refractivity contribution is 0.0595. The second-order valence-corrected chi connectivity index (χ2v) is 8.63. The van der Waals surface area contributed by atoms with Gasteiger partial charge in [-0.25, -0.2) is 9.37 Å². The number of ether oxygens (including phenoxy) is 2. The highest BCUT2D eigenvalue weighted by atomic mass is 32.1. The molecule has 1 fully saturated rings. The van der Waals surface area contributed by atoms with Crippen molar-refractivity contribution in [3.8, 4) is 16.7 Å². The lowest BCUT2D eigenvalue weighted by atomic mass is 10.1. The Bertz CT molecular complexity index is 1220.